The predicted molar refractivity (Wildman–Crippen MR) is 98.5 cm³/mol. The van der Waals surface area contributed by atoms with E-state index in [-0.39, 0.29) is 29.6 Å². The van der Waals surface area contributed by atoms with Crippen molar-refractivity contribution in [1.82, 2.24) is 4.31 Å². The number of benzene rings is 2. The van der Waals surface area contributed by atoms with Crippen LogP contribution in [0.25, 0.3) is 0 Å². The number of methoxy groups -OCH3 is 1. The van der Waals surface area contributed by atoms with Crippen LogP contribution in [0, 0.1) is 0 Å². The van der Waals surface area contributed by atoms with Crippen molar-refractivity contribution in [2.24, 2.45) is 0 Å². The average Bonchev–Trinajstić information content (AvgIpc) is 2.89. The van der Waals surface area contributed by atoms with Crippen LogP contribution in [0.3, 0.4) is 0 Å². The Morgan fingerprint density at radius 2 is 1.70 bits per heavy atom. The van der Waals surface area contributed by atoms with Crippen molar-refractivity contribution in [3.8, 4) is 23.0 Å². The van der Waals surface area contributed by atoms with E-state index < -0.39 is 10.0 Å². The molecule has 2 heterocycles. The summed E-state index contributed by atoms with van der Waals surface area (Å²) in [4.78, 5) is -0.00891. The summed E-state index contributed by atoms with van der Waals surface area (Å²) in [7, 11) is -2.28. The molecule has 4 rings (SSSR count). The third-order valence-corrected chi connectivity index (χ3v) is 6.74. The van der Waals surface area contributed by atoms with Crippen LogP contribution in [0.15, 0.2) is 35.2 Å². The third-order valence-electron chi connectivity index (χ3n) is 4.43. The lowest BCUT2D eigenvalue weighted by Crippen LogP contribution is -2.32. The molecule has 27 heavy (non-hydrogen) atoms. The van der Waals surface area contributed by atoms with Crippen molar-refractivity contribution in [3.63, 3.8) is 0 Å². The molecular weight excluding hydrogens is 394 g/mol. The number of hydrogen-bond acceptors (Lipinski definition) is 6. The van der Waals surface area contributed by atoms with Crippen molar-refractivity contribution < 1.29 is 27.4 Å². The quantitative estimate of drug-likeness (QED) is 0.773. The average molecular weight is 412 g/mol. The molecule has 0 unspecified atom stereocenters. The summed E-state index contributed by atoms with van der Waals surface area (Å²) in [5.74, 6) is 2.09. The molecule has 2 aromatic carbocycles. The number of hydrogen-bond donors (Lipinski definition) is 0. The highest BCUT2D eigenvalue weighted by atomic mass is 35.5. The molecule has 0 saturated carbocycles. The van der Waals surface area contributed by atoms with Crippen molar-refractivity contribution in [1.29, 1.82) is 0 Å². The summed E-state index contributed by atoms with van der Waals surface area (Å²) in [5.41, 5.74) is 0.755. The lowest BCUT2D eigenvalue weighted by molar-refractivity contribution is 0.171. The smallest absolute Gasteiger partial charge is 0.245 e. The zero-order valence-corrected chi connectivity index (χ0v) is 16.2. The van der Waals surface area contributed by atoms with E-state index in [4.69, 9.17) is 30.5 Å². The Bertz CT molecular complexity index is 978. The van der Waals surface area contributed by atoms with Gasteiger partial charge in [0.2, 0.25) is 10.0 Å². The fraction of sp³-hybridized carbons (Fsp3) is 0.333. The van der Waals surface area contributed by atoms with Gasteiger partial charge in [-0.2, -0.15) is 4.31 Å². The van der Waals surface area contributed by atoms with Gasteiger partial charge in [0.05, 0.1) is 12.1 Å². The number of fused-ring (bicyclic) bond motifs is 2. The zero-order valence-electron chi connectivity index (χ0n) is 14.6. The Labute approximate surface area is 162 Å². The van der Waals surface area contributed by atoms with Gasteiger partial charge in [0, 0.05) is 36.9 Å². The third kappa shape index (κ3) is 3.40. The van der Waals surface area contributed by atoms with Crippen LogP contribution >= 0.6 is 11.6 Å². The second-order valence-electron chi connectivity index (χ2n) is 6.09. The monoisotopic (exact) mass is 411 g/mol. The minimum atomic E-state index is -3.85. The Morgan fingerprint density at radius 3 is 2.44 bits per heavy atom. The van der Waals surface area contributed by atoms with Crippen LogP contribution in [0.1, 0.15) is 5.56 Å². The molecule has 0 atom stereocenters. The summed E-state index contributed by atoms with van der Waals surface area (Å²) in [6, 6.07) is 8.23. The van der Waals surface area contributed by atoms with E-state index in [1.54, 1.807) is 25.3 Å². The maximum Gasteiger partial charge on any atom is 0.245 e. The molecule has 0 aliphatic carbocycles. The molecule has 144 valence electrons. The molecule has 0 fully saturated rings. The van der Waals surface area contributed by atoms with E-state index in [2.05, 4.69) is 0 Å². The highest BCUT2D eigenvalue weighted by Gasteiger charge is 2.31. The second-order valence-corrected chi connectivity index (χ2v) is 8.40. The molecule has 0 amide bonds. The fourth-order valence-corrected chi connectivity index (χ4v) is 4.95. The normalized spacial score (nSPS) is 16.8. The van der Waals surface area contributed by atoms with Gasteiger partial charge in [-0.1, -0.05) is 17.7 Å². The Kier molecular flexibility index (Phi) is 4.79. The maximum atomic E-state index is 13.2. The molecule has 0 spiro atoms. The van der Waals surface area contributed by atoms with Crippen molar-refractivity contribution in [3.05, 3.63) is 40.9 Å². The molecule has 9 heteroatoms. The first kappa shape index (κ1) is 18.2. The second kappa shape index (κ2) is 7.10. The predicted octanol–water partition coefficient (Wildman–Crippen LogP) is 2.70. The van der Waals surface area contributed by atoms with E-state index in [0.29, 0.717) is 36.2 Å². The standard InChI is InChI=1S/C18H18ClNO6S/c1-23-13-3-2-12-11-20(4-5-24-15(12)8-13)27(21,22)18-10-17-16(9-14(18)19)25-6-7-26-17/h2-3,8-10H,4-7,11H2,1H3. The van der Waals surface area contributed by atoms with E-state index in [0.717, 1.165) is 5.56 Å². The zero-order chi connectivity index (χ0) is 19.0. The van der Waals surface area contributed by atoms with Gasteiger partial charge in [-0.15, -0.1) is 0 Å². The van der Waals surface area contributed by atoms with Crippen LogP contribution in [0.5, 0.6) is 23.0 Å². The van der Waals surface area contributed by atoms with Crippen molar-refractivity contribution in [2.45, 2.75) is 11.4 Å². The molecule has 2 aliphatic rings. The summed E-state index contributed by atoms with van der Waals surface area (Å²) in [6.07, 6.45) is 0. The minimum Gasteiger partial charge on any atom is -0.497 e. The van der Waals surface area contributed by atoms with Gasteiger partial charge in [0.1, 0.15) is 36.2 Å². The maximum absolute atomic E-state index is 13.2. The van der Waals surface area contributed by atoms with E-state index in [9.17, 15) is 8.42 Å². The van der Waals surface area contributed by atoms with Gasteiger partial charge in [0.25, 0.3) is 0 Å². The summed E-state index contributed by atoms with van der Waals surface area (Å²) in [5, 5.41) is 0.0966. The van der Waals surface area contributed by atoms with Gasteiger partial charge >= 0.3 is 0 Å². The Balaban J connectivity index is 1.69. The van der Waals surface area contributed by atoms with E-state index >= 15 is 0 Å². The molecule has 0 saturated heterocycles. The van der Waals surface area contributed by atoms with Crippen LogP contribution < -0.4 is 18.9 Å². The van der Waals surface area contributed by atoms with Crippen LogP contribution in [0.2, 0.25) is 5.02 Å². The number of sulfonamides is 1. The molecule has 0 bridgehead atoms. The number of ether oxygens (including phenoxy) is 4. The molecular formula is C18H18ClNO6S. The van der Waals surface area contributed by atoms with Crippen LogP contribution in [0.4, 0.5) is 0 Å². The Morgan fingerprint density at radius 1 is 1.00 bits per heavy atom. The molecule has 0 aromatic heterocycles. The van der Waals surface area contributed by atoms with E-state index in [1.165, 1.54) is 16.4 Å². The van der Waals surface area contributed by atoms with Gasteiger partial charge < -0.3 is 18.9 Å². The largest absolute Gasteiger partial charge is 0.497 e. The summed E-state index contributed by atoms with van der Waals surface area (Å²) >= 11 is 6.26. The molecule has 0 N–H and O–H groups in total. The van der Waals surface area contributed by atoms with Gasteiger partial charge in [-0.3, -0.25) is 0 Å². The summed E-state index contributed by atoms with van der Waals surface area (Å²) < 4.78 is 49.7. The fourth-order valence-electron chi connectivity index (χ4n) is 3.04. The molecule has 2 aromatic rings. The van der Waals surface area contributed by atoms with Crippen LogP contribution in [-0.2, 0) is 16.6 Å². The molecule has 2 aliphatic heterocycles. The summed E-state index contributed by atoms with van der Waals surface area (Å²) in [6.45, 7) is 1.36. The van der Waals surface area contributed by atoms with E-state index in [1.807, 2.05) is 0 Å². The number of halogens is 1. The SMILES string of the molecule is COc1ccc2c(c1)OCCN(S(=O)(=O)c1cc3c(cc1Cl)OCCO3)C2. The van der Waals surface area contributed by atoms with Crippen LogP contribution in [-0.4, -0.2) is 46.2 Å². The lowest BCUT2D eigenvalue weighted by atomic mass is 10.2. The van der Waals surface area contributed by atoms with Crippen molar-refractivity contribution >= 4 is 21.6 Å². The molecule has 0 radical (unpaired) electrons. The van der Waals surface area contributed by atoms with Crippen molar-refractivity contribution in [2.75, 3.05) is 33.5 Å². The lowest BCUT2D eigenvalue weighted by Gasteiger charge is -2.23. The van der Waals surface area contributed by atoms with Gasteiger partial charge in [0.15, 0.2) is 11.5 Å². The van der Waals surface area contributed by atoms with Gasteiger partial charge in [-0.05, 0) is 6.07 Å². The highest BCUT2D eigenvalue weighted by Crippen LogP contribution is 2.39. The number of rotatable bonds is 3. The highest BCUT2D eigenvalue weighted by molar-refractivity contribution is 7.89. The number of nitrogens with zero attached hydrogens (tertiary/aromatic N) is 1. The first-order valence-corrected chi connectivity index (χ1v) is 10.2. The topological polar surface area (TPSA) is 74.3 Å². The first-order valence-electron chi connectivity index (χ1n) is 8.38. The molecule has 7 nitrogen and oxygen atoms in total. The first-order chi connectivity index (χ1) is 13.0. The Hall–Kier alpha value is -2.16. The van der Waals surface area contributed by atoms with Gasteiger partial charge in [-0.25, -0.2) is 8.42 Å². The minimum absolute atomic E-state index is 0.00891.